The maximum Gasteiger partial charge on any atom is 0.251 e. The number of carbonyl (C=O) groups excluding carboxylic acids is 1. The zero-order valence-electron chi connectivity index (χ0n) is 17.4. The Hall–Kier alpha value is -3.08. The Morgan fingerprint density at radius 2 is 1.79 bits per heavy atom. The monoisotopic (exact) mass is 391 g/mol. The molecule has 0 atom stereocenters. The number of rotatable bonds is 9. The second kappa shape index (κ2) is 9.92. The molecule has 0 spiro atoms. The number of nitrogens with zero attached hydrogens (tertiary/aromatic N) is 2. The van der Waals surface area contributed by atoms with Gasteiger partial charge in [-0.1, -0.05) is 43.7 Å². The number of unbranched alkanes of at least 4 members (excludes halogenated alkanes) is 1. The number of benzene rings is 2. The van der Waals surface area contributed by atoms with Gasteiger partial charge in [-0.15, -0.1) is 0 Å². The highest BCUT2D eigenvalue weighted by atomic mass is 16.5. The topological polar surface area (TPSA) is 56.1 Å². The molecule has 0 bridgehead atoms. The molecule has 1 heterocycles. The molecule has 1 amide bonds. The van der Waals surface area contributed by atoms with Crippen LogP contribution in [0.5, 0.6) is 5.75 Å². The third-order valence-electron chi connectivity index (χ3n) is 5.02. The van der Waals surface area contributed by atoms with Gasteiger partial charge in [-0.25, -0.2) is 0 Å². The number of aryl methyl sites for hydroxylation is 1. The van der Waals surface area contributed by atoms with Crippen molar-refractivity contribution in [3.8, 4) is 5.75 Å². The largest absolute Gasteiger partial charge is 0.494 e. The van der Waals surface area contributed by atoms with Crippen molar-refractivity contribution in [3.63, 3.8) is 0 Å². The average Bonchev–Trinajstić information content (AvgIpc) is 3.00. The van der Waals surface area contributed by atoms with Gasteiger partial charge in [0, 0.05) is 23.4 Å². The van der Waals surface area contributed by atoms with Crippen molar-refractivity contribution in [2.45, 2.75) is 46.7 Å². The Balaban J connectivity index is 1.60. The maximum atomic E-state index is 12.5. The van der Waals surface area contributed by atoms with Gasteiger partial charge >= 0.3 is 0 Å². The van der Waals surface area contributed by atoms with Crippen LogP contribution in [0, 0.1) is 13.8 Å². The second-order valence-electron chi connectivity index (χ2n) is 7.20. The van der Waals surface area contributed by atoms with E-state index in [9.17, 15) is 4.79 Å². The Bertz CT molecular complexity index is 931. The summed E-state index contributed by atoms with van der Waals surface area (Å²) in [5, 5.41) is 7.66. The number of hydrogen-bond acceptors (Lipinski definition) is 3. The summed E-state index contributed by atoms with van der Waals surface area (Å²) < 4.78 is 7.65. The van der Waals surface area contributed by atoms with Gasteiger partial charge in [0.2, 0.25) is 0 Å². The van der Waals surface area contributed by atoms with Gasteiger partial charge in [0.15, 0.2) is 0 Å². The summed E-state index contributed by atoms with van der Waals surface area (Å²) in [6, 6.07) is 17.5. The van der Waals surface area contributed by atoms with E-state index in [2.05, 4.69) is 29.5 Å². The molecule has 1 N–H and O–H groups in total. The van der Waals surface area contributed by atoms with E-state index in [1.165, 1.54) is 5.56 Å². The van der Waals surface area contributed by atoms with Crippen molar-refractivity contribution in [1.29, 1.82) is 0 Å². The third-order valence-corrected chi connectivity index (χ3v) is 5.02. The average molecular weight is 392 g/mol. The summed E-state index contributed by atoms with van der Waals surface area (Å²) >= 11 is 0. The van der Waals surface area contributed by atoms with Crippen LogP contribution in [0.15, 0.2) is 54.6 Å². The Morgan fingerprint density at radius 3 is 2.48 bits per heavy atom. The normalized spacial score (nSPS) is 10.7. The van der Waals surface area contributed by atoms with Crippen LogP contribution in [0.3, 0.4) is 0 Å². The van der Waals surface area contributed by atoms with E-state index < -0.39 is 0 Å². The summed E-state index contributed by atoms with van der Waals surface area (Å²) in [7, 11) is 0. The Labute approximate surface area is 172 Å². The second-order valence-corrected chi connectivity index (χ2v) is 7.20. The van der Waals surface area contributed by atoms with E-state index in [0.717, 1.165) is 42.1 Å². The molecule has 0 aliphatic rings. The van der Waals surface area contributed by atoms with E-state index in [1.807, 2.05) is 48.9 Å². The van der Waals surface area contributed by atoms with Crippen molar-refractivity contribution < 1.29 is 9.53 Å². The predicted molar refractivity (Wildman–Crippen MR) is 115 cm³/mol. The number of carbonyl (C=O) groups is 1. The van der Waals surface area contributed by atoms with Crippen LogP contribution in [0.4, 0.5) is 0 Å². The van der Waals surface area contributed by atoms with Crippen molar-refractivity contribution >= 4 is 5.91 Å². The van der Waals surface area contributed by atoms with E-state index in [4.69, 9.17) is 4.74 Å². The Kier molecular flexibility index (Phi) is 7.06. The lowest BCUT2D eigenvalue weighted by molar-refractivity contribution is 0.0951. The molecule has 3 rings (SSSR count). The standard InChI is InChI=1S/C24H29N3O2/c1-4-5-15-29-22-13-11-21(12-14-22)24(28)25-16-23-18(2)26-27(19(23)3)17-20-9-7-6-8-10-20/h6-14H,4-5,15-17H2,1-3H3,(H,25,28). The molecule has 0 radical (unpaired) electrons. The fourth-order valence-corrected chi connectivity index (χ4v) is 3.21. The Morgan fingerprint density at radius 1 is 1.07 bits per heavy atom. The van der Waals surface area contributed by atoms with Gasteiger partial charge < -0.3 is 10.1 Å². The molecule has 0 saturated carbocycles. The van der Waals surface area contributed by atoms with Crippen LogP contribution in [0.2, 0.25) is 0 Å². The number of amides is 1. The molecule has 0 unspecified atom stereocenters. The first-order valence-electron chi connectivity index (χ1n) is 10.2. The van der Waals surface area contributed by atoms with Crippen molar-refractivity contribution in [2.75, 3.05) is 6.61 Å². The van der Waals surface area contributed by atoms with Crippen molar-refractivity contribution in [3.05, 3.63) is 82.7 Å². The molecule has 29 heavy (non-hydrogen) atoms. The van der Waals surface area contributed by atoms with Crippen LogP contribution in [0.1, 0.15) is 52.6 Å². The van der Waals surface area contributed by atoms with Gasteiger partial charge in [0.05, 0.1) is 18.8 Å². The minimum Gasteiger partial charge on any atom is -0.494 e. The highest BCUT2D eigenvalue weighted by molar-refractivity contribution is 5.94. The van der Waals surface area contributed by atoms with E-state index >= 15 is 0 Å². The molecule has 1 aromatic heterocycles. The van der Waals surface area contributed by atoms with Gasteiger partial charge in [0.25, 0.3) is 5.91 Å². The fourth-order valence-electron chi connectivity index (χ4n) is 3.21. The molecule has 3 aromatic rings. The van der Waals surface area contributed by atoms with E-state index in [1.54, 1.807) is 12.1 Å². The van der Waals surface area contributed by atoms with E-state index in [-0.39, 0.29) is 5.91 Å². The molecule has 152 valence electrons. The number of hydrogen-bond donors (Lipinski definition) is 1. The molecule has 0 saturated heterocycles. The molecular weight excluding hydrogens is 362 g/mol. The molecule has 5 nitrogen and oxygen atoms in total. The molecular formula is C24H29N3O2. The minimum atomic E-state index is -0.0975. The molecule has 2 aromatic carbocycles. The fraction of sp³-hybridized carbons (Fsp3) is 0.333. The van der Waals surface area contributed by atoms with Crippen molar-refractivity contribution in [1.82, 2.24) is 15.1 Å². The lowest BCUT2D eigenvalue weighted by Gasteiger charge is -2.09. The first-order chi connectivity index (χ1) is 14.1. The summed E-state index contributed by atoms with van der Waals surface area (Å²) in [5.74, 6) is 0.698. The van der Waals surface area contributed by atoms with Crippen LogP contribution in [-0.2, 0) is 13.1 Å². The van der Waals surface area contributed by atoms with Gasteiger partial charge in [-0.2, -0.15) is 5.10 Å². The number of ether oxygens (including phenoxy) is 1. The highest BCUT2D eigenvalue weighted by Crippen LogP contribution is 2.16. The van der Waals surface area contributed by atoms with Crippen LogP contribution in [0.25, 0.3) is 0 Å². The lowest BCUT2D eigenvalue weighted by atomic mass is 10.1. The van der Waals surface area contributed by atoms with Crippen molar-refractivity contribution in [2.24, 2.45) is 0 Å². The minimum absolute atomic E-state index is 0.0975. The summed E-state index contributed by atoms with van der Waals surface area (Å²) in [5.41, 5.74) is 4.91. The summed E-state index contributed by atoms with van der Waals surface area (Å²) in [4.78, 5) is 12.5. The van der Waals surface area contributed by atoms with Gasteiger partial charge in [-0.05, 0) is 50.1 Å². The number of nitrogens with one attached hydrogen (secondary N) is 1. The lowest BCUT2D eigenvalue weighted by Crippen LogP contribution is -2.23. The zero-order chi connectivity index (χ0) is 20.6. The third kappa shape index (κ3) is 5.47. The molecule has 5 heteroatoms. The number of aromatic nitrogens is 2. The van der Waals surface area contributed by atoms with Crippen LogP contribution >= 0.6 is 0 Å². The molecule has 0 aliphatic heterocycles. The quantitative estimate of drug-likeness (QED) is 0.540. The smallest absolute Gasteiger partial charge is 0.251 e. The zero-order valence-corrected chi connectivity index (χ0v) is 17.4. The highest BCUT2D eigenvalue weighted by Gasteiger charge is 2.13. The van der Waals surface area contributed by atoms with Crippen LogP contribution in [-0.4, -0.2) is 22.3 Å². The van der Waals surface area contributed by atoms with Gasteiger partial charge in [0.1, 0.15) is 5.75 Å². The molecule has 0 fully saturated rings. The SMILES string of the molecule is CCCCOc1ccc(C(=O)NCc2c(C)nn(Cc3ccccc3)c2C)cc1. The summed E-state index contributed by atoms with van der Waals surface area (Å²) in [6.07, 6.45) is 2.13. The van der Waals surface area contributed by atoms with E-state index in [0.29, 0.717) is 18.7 Å². The first-order valence-corrected chi connectivity index (χ1v) is 10.2. The predicted octanol–water partition coefficient (Wildman–Crippen LogP) is 4.66. The maximum absolute atomic E-state index is 12.5. The van der Waals surface area contributed by atoms with Gasteiger partial charge in [-0.3, -0.25) is 9.48 Å². The molecule has 0 aliphatic carbocycles. The van der Waals surface area contributed by atoms with Crippen LogP contribution < -0.4 is 10.1 Å². The first kappa shape index (κ1) is 20.6. The summed E-state index contributed by atoms with van der Waals surface area (Å²) in [6.45, 7) is 8.05.